The summed E-state index contributed by atoms with van der Waals surface area (Å²) in [6.45, 7) is 1.41. The maximum Gasteiger partial charge on any atom is 0.319 e. The molecule has 35 heavy (non-hydrogen) atoms. The quantitative estimate of drug-likeness (QED) is 0.401. The Hall–Kier alpha value is -3.19. The number of urea groups is 1. The molecule has 6 rings (SSSR count). The molecule has 1 saturated heterocycles. The van der Waals surface area contributed by atoms with Crippen molar-refractivity contribution in [1.82, 2.24) is 9.88 Å². The van der Waals surface area contributed by atoms with Gasteiger partial charge in [0.15, 0.2) is 0 Å². The number of nitrogens with zero attached hydrogens (tertiary/aromatic N) is 1. The molecule has 0 spiro atoms. The highest BCUT2D eigenvalue weighted by molar-refractivity contribution is 6.02. The Labute approximate surface area is 206 Å². The zero-order valence-corrected chi connectivity index (χ0v) is 20.1. The Bertz CT molecular complexity index is 1210. The maximum atomic E-state index is 12.2. The van der Waals surface area contributed by atoms with Crippen molar-refractivity contribution in [1.29, 1.82) is 0 Å². The molecule has 3 aliphatic rings. The average Bonchev–Trinajstić information content (AvgIpc) is 3.41. The molecule has 7 heteroatoms. The lowest BCUT2D eigenvalue weighted by Crippen LogP contribution is -2.41. The normalized spacial score (nSPS) is 20.4. The molecule has 0 radical (unpaired) electrons. The molecule has 1 atom stereocenters. The second-order valence-electron chi connectivity index (χ2n) is 10.1. The highest BCUT2D eigenvalue weighted by Crippen LogP contribution is 2.45. The minimum Gasteiger partial charge on any atom is -0.491 e. The number of nitrogens with two attached hydrogens (primary N) is 1. The van der Waals surface area contributed by atoms with Gasteiger partial charge in [-0.3, -0.25) is 0 Å². The lowest BCUT2D eigenvalue weighted by atomic mass is 9.92. The van der Waals surface area contributed by atoms with Crippen LogP contribution in [-0.4, -0.2) is 36.0 Å². The molecule has 184 valence electrons. The monoisotopic (exact) mass is 474 g/mol. The van der Waals surface area contributed by atoms with Crippen molar-refractivity contribution >= 4 is 28.3 Å². The number of nitrogens with one attached hydrogen (secondary N) is 2. The number of aromatic nitrogens is 1. The van der Waals surface area contributed by atoms with Crippen LogP contribution in [0.1, 0.15) is 57.4 Å². The van der Waals surface area contributed by atoms with E-state index in [0.717, 1.165) is 84.4 Å². The van der Waals surface area contributed by atoms with Gasteiger partial charge >= 0.3 is 6.03 Å². The number of fused-ring (bicyclic) bond motifs is 1. The van der Waals surface area contributed by atoms with Crippen LogP contribution in [0.25, 0.3) is 22.2 Å². The van der Waals surface area contributed by atoms with Gasteiger partial charge in [0.2, 0.25) is 0 Å². The van der Waals surface area contributed by atoms with Gasteiger partial charge in [-0.05, 0) is 75.6 Å². The van der Waals surface area contributed by atoms with E-state index in [1.165, 1.54) is 12.8 Å². The zero-order valence-electron chi connectivity index (χ0n) is 20.1. The Kier molecular flexibility index (Phi) is 6.02. The Balaban J connectivity index is 1.27. The molecule has 0 bridgehead atoms. The summed E-state index contributed by atoms with van der Waals surface area (Å²) in [4.78, 5) is 12.2. The van der Waals surface area contributed by atoms with Crippen LogP contribution in [0.5, 0.6) is 5.75 Å². The van der Waals surface area contributed by atoms with Gasteiger partial charge in [-0.25, -0.2) is 4.79 Å². The molecule has 2 aromatic carbocycles. The number of hydrogen-bond donors (Lipinski definition) is 3. The van der Waals surface area contributed by atoms with E-state index in [-0.39, 0.29) is 12.1 Å². The molecule has 2 amide bonds. The first-order valence-corrected chi connectivity index (χ1v) is 13.0. The van der Waals surface area contributed by atoms with E-state index in [1.54, 1.807) is 0 Å². The fourth-order valence-electron chi connectivity index (χ4n) is 5.31. The van der Waals surface area contributed by atoms with Crippen molar-refractivity contribution in [3.05, 3.63) is 42.5 Å². The molecular formula is C28H34N4O3. The standard InChI is InChI=1S/C28H34N4O3/c29-26-24-14-13-22(35-17-23-8-3-15-34-23)16-25(24)32(21-6-2-7-21)27(26)18-9-11-20(12-10-18)31-28(33)30-19-4-1-5-19/h9-14,16,19,21,23H,1-8,15,17,29H2,(H2,30,31,33). The summed E-state index contributed by atoms with van der Waals surface area (Å²) >= 11 is 0. The predicted molar refractivity (Wildman–Crippen MR) is 139 cm³/mol. The van der Waals surface area contributed by atoms with Crippen molar-refractivity contribution in [2.45, 2.75) is 69.6 Å². The van der Waals surface area contributed by atoms with Crippen molar-refractivity contribution in [2.75, 3.05) is 24.3 Å². The van der Waals surface area contributed by atoms with E-state index < -0.39 is 0 Å². The van der Waals surface area contributed by atoms with Gasteiger partial charge in [0.25, 0.3) is 0 Å². The zero-order chi connectivity index (χ0) is 23.8. The number of carbonyl (C=O) groups excluding carboxylic acids is 1. The summed E-state index contributed by atoms with van der Waals surface area (Å²) in [7, 11) is 0. The number of benzene rings is 2. The van der Waals surface area contributed by atoms with Gasteiger partial charge in [-0.15, -0.1) is 0 Å². The number of hydrogen-bond acceptors (Lipinski definition) is 4. The lowest BCUT2D eigenvalue weighted by molar-refractivity contribution is 0.0680. The third-order valence-corrected chi connectivity index (χ3v) is 7.77. The number of rotatable bonds is 7. The molecule has 1 unspecified atom stereocenters. The van der Waals surface area contributed by atoms with E-state index in [9.17, 15) is 4.79 Å². The predicted octanol–water partition coefficient (Wildman–Crippen LogP) is 5.85. The van der Waals surface area contributed by atoms with Gasteiger partial charge in [-0.2, -0.15) is 0 Å². The van der Waals surface area contributed by atoms with Crippen molar-refractivity contribution in [3.63, 3.8) is 0 Å². The van der Waals surface area contributed by atoms with Gasteiger partial charge in [-0.1, -0.05) is 12.1 Å². The van der Waals surface area contributed by atoms with Gasteiger partial charge in [0.1, 0.15) is 12.4 Å². The van der Waals surface area contributed by atoms with Crippen LogP contribution in [0.3, 0.4) is 0 Å². The highest BCUT2D eigenvalue weighted by Gasteiger charge is 2.27. The first kappa shape index (κ1) is 22.3. The van der Waals surface area contributed by atoms with E-state index in [1.807, 2.05) is 30.3 Å². The number of amides is 2. The minimum absolute atomic E-state index is 0.138. The lowest BCUT2D eigenvalue weighted by Gasteiger charge is -2.30. The Morgan fingerprint density at radius 2 is 1.83 bits per heavy atom. The fourth-order valence-corrected chi connectivity index (χ4v) is 5.31. The summed E-state index contributed by atoms with van der Waals surface area (Å²) in [6.07, 6.45) is 9.22. The highest BCUT2D eigenvalue weighted by atomic mass is 16.5. The summed E-state index contributed by atoms with van der Waals surface area (Å²) in [5.41, 5.74) is 11.5. The maximum absolute atomic E-state index is 12.2. The van der Waals surface area contributed by atoms with E-state index in [4.69, 9.17) is 15.2 Å². The van der Waals surface area contributed by atoms with Crippen molar-refractivity contribution < 1.29 is 14.3 Å². The molecule has 4 N–H and O–H groups in total. The Morgan fingerprint density at radius 1 is 1.03 bits per heavy atom. The largest absolute Gasteiger partial charge is 0.491 e. The van der Waals surface area contributed by atoms with E-state index >= 15 is 0 Å². The number of anilines is 2. The topological polar surface area (TPSA) is 90.5 Å². The second kappa shape index (κ2) is 9.46. The molecule has 3 aromatic rings. The van der Waals surface area contributed by atoms with Gasteiger partial charge < -0.3 is 30.4 Å². The number of nitrogen functional groups attached to an aromatic ring is 1. The molecule has 1 aromatic heterocycles. The van der Waals surface area contributed by atoms with E-state index in [2.05, 4.69) is 27.3 Å². The minimum atomic E-state index is -0.138. The molecule has 2 saturated carbocycles. The summed E-state index contributed by atoms with van der Waals surface area (Å²) < 4.78 is 14.2. The van der Waals surface area contributed by atoms with Gasteiger partial charge in [0, 0.05) is 41.4 Å². The number of ether oxygens (including phenoxy) is 2. The molecule has 3 fully saturated rings. The smallest absolute Gasteiger partial charge is 0.319 e. The van der Waals surface area contributed by atoms with Gasteiger partial charge in [0.05, 0.1) is 23.0 Å². The SMILES string of the molecule is Nc1c(-c2ccc(NC(=O)NC3CCC3)cc2)n(C2CCC2)c2cc(OCC3CCCO3)ccc12. The molecule has 1 aliphatic heterocycles. The average molecular weight is 475 g/mol. The van der Waals surface area contributed by atoms with E-state index in [0.29, 0.717) is 18.7 Å². The molecule has 2 heterocycles. The third-order valence-electron chi connectivity index (χ3n) is 7.77. The second-order valence-corrected chi connectivity index (χ2v) is 10.1. The van der Waals surface area contributed by atoms with Crippen LogP contribution in [-0.2, 0) is 4.74 Å². The first-order valence-electron chi connectivity index (χ1n) is 13.0. The van der Waals surface area contributed by atoms with Crippen LogP contribution < -0.4 is 21.1 Å². The van der Waals surface area contributed by atoms with Crippen LogP contribution in [0, 0.1) is 0 Å². The van der Waals surface area contributed by atoms with Crippen LogP contribution in [0.15, 0.2) is 42.5 Å². The van der Waals surface area contributed by atoms with Crippen LogP contribution in [0.4, 0.5) is 16.2 Å². The molecule has 7 nitrogen and oxygen atoms in total. The van der Waals surface area contributed by atoms with Crippen molar-refractivity contribution in [2.24, 2.45) is 0 Å². The molecule has 2 aliphatic carbocycles. The van der Waals surface area contributed by atoms with Crippen LogP contribution in [0.2, 0.25) is 0 Å². The Morgan fingerprint density at radius 3 is 2.49 bits per heavy atom. The molecular weight excluding hydrogens is 440 g/mol. The number of carbonyl (C=O) groups is 1. The fraction of sp³-hybridized carbons (Fsp3) is 0.464. The van der Waals surface area contributed by atoms with Crippen molar-refractivity contribution in [3.8, 4) is 17.0 Å². The summed E-state index contributed by atoms with van der Waals surface area (Å²) in [6, 6.07) is 14.8. The third kappa shape index (κ3) is 4.45. The first-order chi connectivity index (χ1) is 17.2. The summed E-state index contributed by atoms with van der Waals surface area (Å²) in [5.74, 6) is 0.856. The van der Waals surface area contributed by atoms with Crippen LogP contribution >= 0.6 is 0 Å². The summed E-state index contributed by atoms with van der Waals surface area (Å²) in [5, 5.41) is 7.02.